The lowest BCUT2D eigenvalue weighted by Gasteiger charge is -2.19. The van der Waals surface area contributed by atoms with Crippen LogP contribution in [0.25, 0.3) is 17.4 Å². The molecule has 1 aromatic carbocycles. The van der Waals surface area contributed by atoms with Gasteiger partial charge in [-0.1, -0.05) is 0 Å². The Morgan fingerprint density at radius 2 is 1.90 bits per heavy atom. The van der Waals surface area contributed by atoms with E-state index < -0.39 is 27.9 Å². The van der Waals surface area contributed by atoms with E-state index in [4.69, 9.17) is 9.83 Å². The van der Waals surface area contributed by atoms with Crippen LogP contribution in [-0.4, -0.2) is 38.1 Å². The molecular weight excluding hydrogens is 427 g/mol. The number of hydrazone groups is 1. The highest BCUT2D eigenvalue weighted by atomic mass is 32.2. The maximum Gasteiger partial charge on any atom is 0.441 e. The summed E-state index contributed by atoms with van der Waals surface area (Å²) in [5.41, 5.74) is 0.145. The zero-order valence-corrected chi connectivity index (χ0v) is 15.3. The number of benzene rings is 1. The highest BCUT2D eigenvalue weighted by molar-refractivity contribution is 8.27. The van der Waals surface area contributed by atoms with Crippen LogP contribution in [0.2, 0.25) is 0 Å². The van der Waals surface area contributed by atoms with Gasteiger partial charge in [0.15, 0.2) is 5.84 Å². The van der Waals surface area contributed by atoms with E-state index in [1.807, 2.05) is 0 Å². The summed E-state index contributed by atoms with van der Waals surface area (Å²) in [6.07, 6.45) is -3.55. The number of non-ortho nitro benzene ring substituents is 1. The second kappa shape index (κ2) is 6.95. The lowest BCUT2D eigenvalue weighted by atomic mass is 10.1. The molecular formula is C17H8F3N5O4S. The fraction of sp³-hybridized carbons (Fsp3) is 0.0588. The number of thioether (sulfide) groups is 1. The fourth-order valence-corrected chi connectivity index (χ4v) is 3.34. The highest BCUT2D eigenvalue weighted by Crippen LogP contribution is 2.35. The molecule has 9 nitrogen and oxygen atoms in total. The van der Waals surface area contributed by atoms with E-state index in [2.05, 4.69) is 10.1 Å². The molecule has 13 heteroatoms. The van der Waals surface area contributed by atoms with E-state index >= 15 is 0 Å². The van der Waals surface area contributed by atoms with Gasteiger partial charge in [0.1, 0.15) is 11.5 Å². The maximum atomic E-state index is 12.8. The van der Waals surface area contributed by atoms with Crippen LogP contribution in [0.5, 0.6) is 0 Å². The van der Waals surface area contributed by atoms with Crippen molar-refractivity contribution in [2.45, 2.75) is 6.18 Å². The zero-order valence-electron chi connectivity index (χ0n) is 14.5. The molecule has 0 atom stereocenters. The molecule has 0 saturated heterocycles. The summed E-state index contributed by atoms with van der Waals surface area (Å²) in [6.45, 7) is 0. The van der Waals surface area contributed by atoms with Gasteiger partial charge >= 0.3 is 6.18 Å². The third kappa shape index (κ3) is 3.50. The third-order valence-electron chi connectivity index (χ3n) is 3.97. The summed E-state index contributed by atoms with van der Waals surface area (Å²) >= 11 is 0.163. The Balaban J connectivity index is 1.62. The van der Waals surface area contributed by atoms with Gasteiger partial charge in [-0.2, -0.15) is 28.3 Å². The number of aliphatic imine (C=N–C) groups is 1. The van der Waals surface area contributed by atoms with Gasteiger partial charge in [-0.15, -0.1) is 0 Å². The van der Waals surface area contributed by atoms with Gasteiger partial charge in [0.2, 0.25) is 10.2 Å². The summed E-state index contributed by atoms with van der Waals surface area (Å²) in [7, 11) is 0. The number of carbonyl (C=O) groups is 1. The van der Waals surface area contributed by atoms with Crippen molar-refractivity contribution >= 4 is 45.5 Å². The minimum Gasteiger partial charge on any atom is -0.457 e. The molecule has 2 aromatic rings. The van der Waals surface area contributed by atoms with Crippen molar-refractivity contribution in [3.63, 3.8) is 0 Å². The predicted molar refractivity (Wildman–Crippen MR) is 102 cm³/mol. The molecule has 0 spiro atoms. The van der Waals surface area contributed by atoms with Crippen LogP contribution < -0.4 is 0 Å². The summed E-state index contributed by atoms with van der Waals surface area (Å²) in [5, 5.41) is 21.2. The summed E-state index contributed by atoms with van der Waals surface area (Å²) in [6, 6.07) is 8.58. The zero-order chi connectivity index (χ0) is 21.6. The van der Waals surface area contributed by atoms with Crippen LogP contribution in [0, 0.1) is 15.5 Å². The molecule has 2 aliphatic heterocycles. The molecule has 0 aliphatic carbocycles. The molecule has 0 saturated carbocycles. The number of nitrogens with one attached hydrogen (secondary N) is 1. The fourth-order valence-electron chi connectivity index (χ4n) is 2.58. The quantitative estimate of drug-likeness (QED) is 0.441. The summed E-state index contributed by atoms with van der Waals surface area (Å²) in [5.74, 6) is -0.984. The number of hydrogen-bond acceptors (Lipinski definition) is 7. The lowest BCUT2D eigenvalue weighted by molar-refractivity contribution is -0.384. The third-order valence-corrected chi connectivity index (χ3v) is 4.93. The molecule has 1 N–H and O–H groups in total. The first-order valence-corrected chi connectivity index (χ1v) is 8.87. The van der Waals surface area contributed by atoms with E-state index in [0.717, 1.165) is 0 Å². The molecule has 0 radical (unpaired) electrons. The first kappa shape index (κ1) is 19.6. The van der Waals surface area contributed by atoms with E-state index in [9.17, 15) is 28.1 Å². The molecule has 1 amide bonds. The molecule has 0 unspecified atom stereocenters. The Hall–Kier alpha value is -3.74. The number of nitro groups is 1. The van der Waals surface area contributed by atoms with E-state index in [1.165, 1.54) is 36.4 Å². The summed E-state index contributed by atoms with van der Waals surface area (Å²) in [4.78, 5) is 26.0. The van der Waals surface area contributed by atoms with Crippen LogP contribution >= 0.6 is 11.8 Å². The number of nitrogens with zero attached hydrogens (tertiary/aromatic N) is 4. The largest absolute Gasteiger partial charge is 0.457 e. The van der Waals surface area contributed by atoms with Crippen LogP contribution in [0.15, 0.2) is 56.5 Å². The number of halogens is 3. The van der Waals surface area contributed by atoms with E-state index in [0.29, 0.717) is 16.3 Å². The number of alkyl halides is 3. The highest BCUT2D eigenvalue weighted by Gasteiger charge is 2.46. The van der Waals surface area contributed by atoms with E-state index in [-0.39, 0.29) is 34.0 Å². The topological polar surface area (TPSA) is 125 Å². The van der Waals surface area contributed by atoms with Crippen molar-refractivity contribution in [3.05, 3.63) is 57.8 Å². The van der Waals surface area contributed by atoms with Crippen molar-refractivity contribution in [2.24, 2.45) is 10.1 Å². The molecule has 152 valence electrons. The van der Waals surface area contributed by atoms with Crippen LogP contribution in [0.4, 0.5) is 18.9 Å². The van der Waals surface area contributed by atoms with Gasteiger partial charge < -0.3 is 4.42 Å². The number of amidine groups is 2. The molecule has 0 fully saturated rings. The Labute approximate surface area is 169 Å². The van der Waals surface area contributed by atoms with Crippen molar-refractivity contribution in [1.29, 1.82) is 5.41 Å². The van der Waals surface area contributed by atoms with Gasteiger partial charge in [-0.05, 0) is 42.1 Å². The van der Waals surface area contributed by atoms with Crippen molar-refractivity contribution in [3.8, 4) is 11.3 Å². The number of furan rings is 1. The number of hydrogen-bond donors (Lipinski definition) is 1. The standard InChI is InChI=1S/C17H8F3N5O4S/c18-17(19,20)15-23-24-13(21)11(14(26)22-16(24)30-15)7-10-5-6-12(29-10)8-1-3-9(4-2-8)25(27)28/h1-7,21H/b11-7-,21-13?. The van der Waals surface area contributed by atoms with Crippen molar-refractivity contribution < 1.29 is 27.3 Å². The van der Waals surface area contributed by atoms with Gasteiger partial charge in [-0.25, -0.2) is 0 Å². The Kier molecular flexibility index (Phi) is 4.53. The predicted octanol–water partition coefficient (Wildman–Crippen LogP) is 4.04. The van der Waals surface area contributed by atoms with Gasteiger partial charge in [-0.3, -0.25) is 20.3 Å². The average Bonchev–Trinajstić information content (AvgIpc) is 3.32. The average molecular weight is 435 g/mol. The normalized spacial score (nSPS) is 17.8. The minimum atomic E-state index is -4.72. The Bertz CT molecular complexity index is 1180. The van der Waals surface area contributed by atoms with Gasteiger partial charge in [0.25, 0.3) is 11.6 Å². The monoisotopic (exact) mass is 435 g/mol. The van der Waals surface area contributed by atoms with Gasteiger partial charge in [0, 0.05) is 17.7 Å². The van der Waals surface area contributed by atoms with Crippen molar-refractivity contribution in [1.82, 2.24) is 5.01 Å². The molecule has 1 aromatic heterocycles. The number of carbonyl (C=O) groups excluding carboxylic acids is 1. The first-order chi connectivity index (χ1) is 14.1. The van der Waals surface area contributed by atoms with Crippen molar-refractivity contribution in [2.75, 3.05) is 0 Å². The Morgan fingerprint density at radius 1 is 1.20 bits per heavy atom. The molecule has 3 heterocycles. The molecule has 2 aliphatic rings. The van der Waals surface area contributed by atoms with Gasteiger partial charge in [0.05, 0.1) is 10.5 Å². The number of fused-ring (bicyclic) bond motifs is 1. The smallest absolute Gasteiger partial charge is 0.441 e. The first-order valence-electron chi connectivity index (χ1n) is 8.05. The maximum absolute atomic E-state index is 12.8. The molecule has 0 bridgehead atoms. The van der Waals surface area contributed by atoms with Crippen LogP contribution in [0.3, 0.4) is 0 Å². The second-order valence-corrected chi connectivity index (χ2v) is 6.88. The molecule has 4 rings (SSSR count). The number of rotatable bonds is 3. The minimum absolute atomic E-state index is 0.0928. The number of nitro benzene ring substituents is 1. The van der Waals surface area contributed by atoms with Crippen LogP contribution in [-0.2, 0) is 4.79 Å². The number of amides is 1. The lowest BCUT2D eigenvalue weighted by Crippen LogP contribution is -2.35. The molecule has 30 heavy (non-hydrogen) atoms. The SMILES string of the molecule is N=C1/C(=C/c2ccc(-c3ccc([N+](=O)[O-])cc3)o2)C(=O)N=C2SC(C(F)(F)F)=NN12. The Morgan fingerprint density at radius 3 is 2.53 bits per heavy atom. The second-order valence-electron chi connectivity index (χ2n) is 5.93. The summed E-state index contributed by atoms with van der Waals surface area (Å²) < 4.78 is 44.1. The van der Waals surface area contributed by atoms with E-state index in [1.54, 1.807) is 6.07 Å². The van der Waals surface area contributed by atoms with Crippen LogP contribution in [0.1, 0.15) is 5.76 Å².